The summed E-state index contributed by atoms with van der Waals surface area (Å²) in [5.41, 5.74) is -9.51. The Morgan fingerprint density at radius 1 is 0.667 bits per heavy atom. The minimum absolute atomic E-state index is 0.00696. The number of nitrogens with one attached hydrogen (secondary N) is 1. The number of non-ortho nitro benzene ring substituents is 1. The molecule has 0 spiro atoms. The van der Waals surface area contributed by atoms with Gasteiger partial charge in [0.1, 0.15) is 24.6 Å². The monoisotopic (exact) mass is 884 g/mol. The van der Waals surface area contributed by atoms with Gasteiger partial charge in [-0.2, -0.15) is 26.3 Å². The Hall–Kier alpha value is -6.86. The van der Waals surface area contributed by atoms with Crippen LogP contribution in [0.4, 0.5) is 32.0 Å². The van der Waals surface area contributed by atoms with Crippen molar-refractivity contribution < 1.29 is 69.5 Å². The van der Waals surface area contributed by atoms with E-state index in [0.29, 0.717) is 31.7 Å². The molecule has 332 valence electrons. The Bertz CT molecular complexity index is 2240. The molecule has 0 aliphatic carbocycles. The van der Waals surface area contributed by atoms with Crippen molar-refractivity contribution in [3.05, 3.63) is 133 Å². The van der Waals surface area contributed by atoms with Crippen LogP contribution < -0.4 is 5.32 Å². The van der Waals surface area contributed by atoms with Gasteiger partial charge < -0.3 is 14.8 Å². The Morgan fingerprint density at radius 2 is 1.05 bits per heavy atom. The quantitative estimate of drug-likeness (QED) is 0.0489. The van der Waals surface area contributed by atoms with Gasteiger partial charge in [-0.05, 0) is 42.7 Å². The molecule has 1 N–H and O–H groups in total. The molecule has 14 nitrogen and oxygen atoms in total. The summed E-state index contributed by atoms with van der Waals surface area (Å²) in [6, 6.07) is 12.1. The first-order valence-electron chi connectivity index (χ1n) is 19.7. The summed E-state index contributed by atoms with van der Waals surface area (Å²) in [5, 5.41) is 13.0. The molecule has 3 aromatic carbocycles. The van der Waals surface area contributed by atoms with Gasteiger partial charge in [-0.3, -0.25) is 39.1 Å². The van der Waals surface area contributed by atoms with Gasteiger partial charge in [0.15, 0.2) is 0 Å². The molecule has 0 fully saturated rings. The molecule has 0 aromatic heterocycles. The van der Waals surface area contributed by atoms with Gasteiger partial charge >= 0.3 is 24.3 Å². The number of carbonyl (C=O) groups is 6. The largest absolute Gasteiger partial charge is 0.460 e. The minimum Gasteiger partial charge on any atom is -0.460 e. The van der Waals surface area contributed by atoms with Crippen molar-refractivity contribution in [3.63, 3.8) is 0 Å². The van der Waals surface area contributed by atoms with E-state index < -0.39 is 118 Å². The zero-order chi connectivity index (χ0) is 46.0. The molecule has 63 heavy (non-hydrogen) atoms. The van der Waals surface area contributed by atoms with Crippen LogP contribution >= 0.6 is 0 Å². The number of fused-ring (bicyclic) bond motifs is 2. The molecule has 3 heterocycles. The van der Waals surface area contributed by atoms with Crippen molar-refractivity contribution in [1.29, 1.82) is 0 Å². The van der Waals surface area contributed by atoms with Crippen molar-refractivity contribution in [2.45, 2.75) is 82.7 Å². The van der Waals surface area contributed by atoms with Crippen molar-refractivity contribution in [2.24, 2.45) is 0 Å². The highest BCUT2D eigenvalue weighted by Crippen LogP contribution is 2.47. The number of allylic oxidation sites excluding steroid dienone is 2. The second-order valence-electron chi connectivity index (χ2n) is 14.8. The van der Waals surface area contributed by atoms with Gasteiger partial charge in [0.05, 0.1) is 56.3 Å². The number of nitrogens with zero attached hydrogens (tertiary/aromatic N) is 3. The van der Waals surface area contributed by atoms with Gasteiger partial charge in [-0.1, -0.05) is 75.9 Å². The second kappa shape index (κ2) is 18.2. The smallest absolute Gasteiger partial charge is 0.431 e. The van der Waals surface area contributed by atoms with E-state index in [1.54, 1.807) is 13.8 Å². The number of hydrogen-bond donors (Lipinski definition) is 1. The van der Waals surface area contributed by atoms with Crippen LogP contribution in [0.2, 0.25) is 0 Å². The number of ether oxygens (including phenoxy) is 2. The Morgan fingerprint density at radius 3 is 1.38 bits per heavy atom. The molecule has 0 bridgehead atoms. The average Bonchev–Trinajstić information content (AvgIpc) is 3.65. The van der Waals surface area contributed by atoms with Gasteiger partial charge in [-0.25, -0.2) is 9.59 Å². The topological polar surface area (TPSA) is 183 Å². The fourth-order valence-electron chi connectivity index (χ4n) is 7.76. The lowest BCUT2D eigenvalue weighted by atomic mass is 9.79. The third-order valence-corrected chi connectivity index (χ3v) is 10.8. The number of hydrogen-bond acceptors (Lipinski definition) is 11. The van der Waals surface area contributed by atoms with Crippen LogP contribution in [0.15, 0.2) is 95.3 Å². The second-order valence-corrected chi connectivity index (χ2v) is 14.8. The maximum Gasteiger partial charge on any atom is 0.431 e. The summed E-state index contributed by atoms with van der Waals surface area (Å²) < 4.78 is 101. The van der Waals surface area contributed by atoms with E-state index in [2.05, 4.69) is 0 Å². The van der Waals surface area contributed by atoms with E-state index in [4.69, 9.17) is 9.47 Å². The number of nitro groups is 1. The molecular weight excluding hydrogens is 846 g/mol. The standard InChI is InChI=1S/C43H38F6N4O10/c1-3-5-13-25(51-36(54)27-16-7-8-17-28(27)37(51)55)21-62-40(58)32-31(23-12-11-15-24(20-23)53(60)61)33(35(43(47,48)49)50-34(32)42(44,45)46)41(59)63-22-26(14-6-4-2)52-38(56)29-18-9-10-19-30(29)39(52)57/h7-12,15-20,25-26,31,50H,3-6,13-14,21-22H2,1-2H3. The number of alkyl halides is 6. The van der Waals surface area contributed by atoms with Crippen LogP contribution in [0.3, 0.4) is 0 Å². The van der Waals surface area contributed by atoms with Crippen LogP contribution in [-0.2, 0) is 19.1 Å². The molecule has 0 saturated carbocycles. The van der Waals surface area contributed by atoms with Crippen LogP contribution in [0.1, 0.15) is 105 Å². The predicted molar refractivity (Wildman–Crippen MR) is 208 cm³/mol. The number of amides is 4. The molecule has 0 radical (unpaired) electrons. The van der Waals surface area contributed by atoms with Gasteiger partial charge in [0, 0.05) is 12.1 Å². The first-order chi connectivity index (χ1) is 29.8. The van der Waals surface area contributed by atoms with E-state index in [1.807, 2.05) is 0 Å². The average molecular weight is 885 g/mol. The Balaban J connectivity index is 1.43. The van der Waals surface area contributed by atoms with E-state index in [0.717, 1.165) is 28.0 Å². The first kappa shape index (κ1) is 45.7. The zero-order valence-corrected chi connectivity index (χ0v) is 33.5. The predicted octanol–water partition coefficient (Wildman–Crippen LogP) is 7.71. The summed E-state index contributed by atoms with van der Waals surface area (Å²) >= 11 is 0. The highest BCUT2D eigenvalue weighted by Gasteiger charge is 2.54. The number of carbonyl (C=O) groups excluding carboxylic acids is 6. The van der Waals surface area contributed by atoms with Crippen LogP contribution in [0.25, 0.3) is 0 Å². The molecule has 4 amide bonds. The van der Waals surface area contributed by atoms with E-state index in [9.17, 15) is 38.9 Å². The van der Waals surface area contributed by atoms with Crippen LogP contribution in [0.5, 0.6) is 0 Å². The number of halogens is 6. The summed E-state index contributed by atoms with van der Waals surface area (Å²) in [6.45, 7) is 1.60. The molecule has 3 aliphatic rings. The third-order valence-electron chi connectivity index (χ3n) is 10.8. The van der Waals surface area contributed by atoms with Crippen molar-refractivity contribution in [3.8, 4) is 0 Å². The van der Waals surface area contributed by atoms with Gasteiger partial charge in [0.2, 0.25) is 0 Å². The number of esters is 2. The molecule has 20 heteroatoms. The fourth-order valence-corrected chi connectivity index (χ4v) is 7.76. The van der Waals surface area contributed by atoms with Crippen LogP contribution in [-0.4, -0.2) is 87.9 Å². The number of unbranched alkanes of at least 4 members (excludes halogenated alkanes) is 2. The van der Waals surface area contributed by atoms with Crippen molar-refractivity contribution >= 4 is 41.3 Å². The minimum atomic E-state index is -5.81. The number of dihydropyridines is 1. The fraction of sp³-hybridized carbons (Fsp3) is 0.349. The third kappa shape index (κ3) is 9.05. The molecule has 3 aliphatic heterocycles. The van der Waals surface area contributed by atoms with Crippen molar-refractivity contribution in [1.82, 2.24) is 15.1 Å². The molecule has 6 rings (SSSR count). The summed E-state index contributed by atoms with van der Waals surface area (Å²) in [5.74, 6) is -9.81. The number of imide groups is 2. The lowest BCUT2D eigenvalue weighted by Gasteiger charge is -2.34. The SMILES string of the molecule is CCCCC(COC(=O)C1=C(C(F)(F)F)NC(C(F)(F)F)=C(C(=O)OCC(CCCC)N2C(=O)c3ccccc3C2=O)C1c1cccc([N+](=O)[O-])c1)N1C(=O)c2ccccc2C1=O. The number of benzene rings is 3. The lowest BCUT2D eigenvalue weighted by molar-refractivity contribution is -0.384. The molecule has 2 atom stereocenters. The molecular formula is C43H38F6N4O10. The number of nitro benzene ring substituents is 1. The zero-order valence-electron chi connectivity index (χ0n) is 33.5. The summed E-state index contributed by atoms with van der Waals surface area (Å²) in [4.78, 5) is 94.4. The Kier molecular flexibility index (Phi) is 13.2. The molecule has 3 aromatic rings. The van der Waals surface area contributed by atoms with E-state index >= 15 is 26.3 Å². The summed E-state index contributed by atoms with van der Waals surface area (Å²) in [6.07, 6.45) is -10.0. The Labute approximate surface area is 354 Å². The maximum atomic E-state index is 15.0. The first-order valence-corrected chi connectivity index (χ1v) is 19.7. The van der Waals surface area contributed by atoms with Crippen LogP contribution in [0, 0.1) is 10.1 Å². The molecule has 0 saturated heterocycles. The normalized spacial score (nSPS) is 17.4. The van der Waals surface area contributed by atoms with Gasteiger partial charge in [-0.15, -0.1) is 0 Å². The summed E-state index contributed by atoms with van der Waals surface area (Å²) in [7, 11) is 0. The highest BCUT2D eigenvalue weighted by molar-refractivity contribution is 6.22. The highest BCUT2D eigenvalue weighted by atomic mass is 19.4. The van der Waals surface area contributed by atoms with E-state index in [1.165, 1.54) is 53.8 Å². The van der Waals surface area contributed by atoms with Crippen molar-refractivity contribution in [2.75, 3.05) is 13.2 Å². The van der Waals surface area contributed by atoms with E-state index in [-0.39, 0.29) is 35.1 Å². The molecule has 2 unspecified atom stereocenters. The lowest BCUT2D eigenvalue weighted by Crippen LogP contribution is -2.46. The maximum absolute atomic E-state index is 15.0. The number of rotatable bonds is 16. The van der Waals surface area contributed by atoms with Gasteiger partial charge in [0.25, 0.3) is 29.3 Å².